The number of aryl methyl sites for hydroxylation is 1. The fourth-order valence-corrected chi connectivity index (χ4v) is 3.00. The third-order valence-corrected chi connectivity index (χ3v) is 4.34. The van der Waals surface area contributed by atoms with Gasteiger partial charge < -0.3 is 9.88 Å². The zero-order valence-electron chi connectivity index (χ0n) is 14.8. The third-order valence-electron chi connectivity index (χ3n) is 4.34. The van der Waals surface area contributed by atoms with Crippen molar-refractivity contribution in [1.82, 2.24) is 19.9 Å². The lowest BCUT2D eigenvalue weighted by Gasteiger charge is -2.07. The lowest BCUT2D eigenvalue weighted by molar-refractivity contribution is 0.722. The standard InChI is InChI=1S/C20H24N4/c1-13(2)20-23-18-12-15(6-7-19(18)24(20)5)10-16-8-9-22-17(11-16)14(3)21-4/h6-9,11-13,21H,3,10H2,1-2,4-5H3. The van der Waals surface area contributed by atoms with Crippen molar-refractivity contribution in [2.75, 3.05) is 7.05 Å². The zero-order valence-corrected chi connectivity index (χ0v) is 14.8. The van der Waals surface area contributed by atoms with Crippen LogP contribution in [0.25, 0.3) is 16.7 Å². The summed E-state index contributed by atoms with van der Waals surface area (Å²) in [6.45, 7) is 8.33. The van der Waals surface area contributed by atoms with Crippen LogP contribution in [-0.4, -0.2) is 21.6 Å². The molecule has 3 rings (SSSR count). The molecule has 4 heteroatoms. The molecule has 0 saturated carbocycles. The van der Waals surface area contributed by atoms with Gasteiger partial charge in [-0.3, -0.25) is 4.98 Å². The molecule has 2 aromatic heterocycles. The number of fused-ring (bicyclic) bond motifs is 1. The Kier molecular flexibility index (Phi) is 4.38. The maximum absolute atomic E-state index is 4.80. The summed E-state index contributed by atoms with van der Waals surface area (Å²) >= 11 is 0. The molecule has 4 nitrogen and oxygen atoms in total. The molecule has 0 bridgehead atoms. The number of pyridine rings is 1. The van der Waals surface area contributed by atoms with E-state index >= 15 is 0 Å². The highest BCUT2D eigenvalue weighted by atomic mass is 15.1. The van der Waals surface area contributed by atoms with Crippen LogP contribution in [0.5, 0.6) is 0 Å². The van der Waals surface area contributed by atoms with Crippen molar-refractivity contribution in [3.8, 4) is 0 Å². The van der Waals surface area contributed by atoms with Gasteiger partial charge in [-0.05, 0) is 41.8 Å². The Morgan fingerprint density at radius 3 is 2.67 bits per heavy atom. The van der Waals surface area contributed by atoms with Crippen LogP contribution in [-0.2, 0) is 13.5 Å². The quantitative estimate of drug-likeness (QED) is 0.776. The molecule has 1 N–H and O–H groups in total. The molecule has 0 amide bonds. The van der Waals surface area contributed by atoms with Gasteiger partial charge in [-0.1, -0.05) is 26.5 Å². The van der Waals surface area contributed by atoms with Crippen molar-refractivity contribution in [2.24, 2.45) is 7.05 Å². The Balaban J connectivity index is 1.92. The van der Waals surface area contributed by atoms with E-state index in [0.717, 1.165) is 29.2 Å². The van der Waals surface area contributed by atoms with E-state index in [1.54, 1.807) is 0 Å². The van der Waals surface area contributed by atoms with Crippen LogP contribution in [0.2, 0.25) is 0 Å². The second-order valence-corrected chi connectivity index (χ2v) is 6.46. The van der Waals surface area contributed by atoms with E-state index in [1.165, 1.54) is 16.6 Å². The maximum Gasteiger partial charge on any atom is 0.112 e. The molecule has 3 aromatic rings. The summed E-state index contributed by atoms with van der Waals surface area (Å²) < 4.78 is 2.19. The Morgan fingerprint density at radius 2 is 1.96 bits per heavy atom. The van der Waals surface area contributed by atoms with E-state index in [4.69, 9.17) is 4.98 Å². The summed E-state index contributed by atoms with van der Waals surface area (Å²) in [4.78, 5) is 9.16. The first-order chi connectivity index (χ1) is 11.5. The summed E-state index contributed by atoms with van der Waals surface area (Å²) in [5.74, 6) is 1.54. The number of rotatable bonds is 5. The van der Waals surface area contributed by atoms with Crippen molar-refractivity contribution in [2.45, 2.75) is 26.2 Å². The lowest BCUT2D eigenvalue weighted by atomic mass is 10.0. The molecule has 0 saturated heterocycles. The van der Waals surface area contributed by atoms with Gasteiger partial charge in [0.1, 0.15) is 5.82 Å². The van der Waals surface area contributed by atoms with Crippen LogP contribution < -0.4 is 5.32 Å². The number of nitrogens with one attached hydrogen (secondary N) is 1. The van der Waals surface area contributed by atoms with Crippen LogP contribution in [0.4, 0.5) is 0 Å². The van der Waals surface area contributed by atoms with Gasteiger partial charge in [-0.25, -0.2) is 4.98 Å². The van der Waals surface area contributed by atoms with Crippen molar-refractivity contribution in [1.29, 1.82) is 0 Å². The van der Waals surface area contributed by atoms with Gasteiger partial charge in [0.25, 0.3) is 0 Å². The first-order valence-electron chi connectivity index (χ1n) is 8.26. The predicted molar refractivity (Wildman–Crippen MR) is 99.9 cm³/mol. The van der Waals surface area contributed by atoms with E-state index in [-0.39, 0.29) is 0 Å². The normalized spacial score (nSPS) is 11.2. The number of nitrogens with zero attached hydrogens (tertiary/aromatic N) is 3. The average molecular weight is 320 g/mol. The number of imidazole rings is 1. The minimum Gasteiger partial charge on any atom is -0.387 e. The summed E-state index contributed by atoms with van der Waals surface area (Å²) in [5, 5.41) is 3.05. The van der Waals surface area contributed by atoms with Gasteiger partial charge in [0.05, 0.1) is 22.4 Å². The molecular formula is C20H24N4. The van der Waals surface area contributed by atoms with E-state index in [2.05, 4.69) is 72.7 Å². The maximum atomic E-state index is 4.80. The highest BCUT2D eigenvalue weighted by molar-refractivity contribution is 5.77. The van der Waals surface area contributed by atoms with Crippen molar-refractivity contribution in [3.63, 3.8) is 0 Å². The second kappa shape index (κ2) is 6.48. The Morgan fingerprint density at radius 1 is 1.21 bits per heavy atom. The van der Waals surface area contributed by atoms with Gasteiger partial charge in [0, 0.05) is 26.2 Å². The Bertz CT molecular complexity index is 890. The molecule has 124 valence electrons. The first kappa shape index (κ1) is 16.2. The largest absolute Gasteiger partial charge is 0.387 e. The number of aromatic nitrogens is 3. The van der Waals surface area contributed by atoms with Gasteiger partial charge >= 0.3 is 0 Å². The summed E-state index contributed by atoms with van der Waals surface area (Å²) in [6.07, 6.45) is 2.69. The minimum absolute atomic E-state index is 0.418. The predicted octanol–water partition coefficient (Wildman–Crippen LogP) is 3.87. The molecule has 0 unspecified atom stereocenters. The minimum atomic E-state index is 0.418. The SMILES string of the molecule is C=C(NC)c1cc(Cc2ccc3c(c2)nc(C(C)C)n3C)ccn1. The zero-order chi connectivity index (χ0) is 17.3. The van der Waals surface area contributed by atoms with E-state index < -0.39 is 0 Å². The molecule has 2 heterocycles. The van der Waals surface area contributed by atoms with Crippen molar-refractivity contribution < 1.29 is 0 Å². The molecule has 0 radical (unpaired) electrons. The Labute approximate surface area is 143 Å². The molecule has 0 fully saturated rings. The second-order valence-electron chi connectivity index (χ2n) is 6.46. The highest BCUT2D eigenvalue weighted by Gasteiger charge is 2.11. The van der Waals surface area contributed by atoms with E-state index in [1.807, 2.05) is 13.2 Å². The third kappa shape index (κ3) is 3.04. The fraction of sp³-hybridized carbons (Fsp3) is 0.300. The molecule has 0 aliphatic heterocycles. The molecule has 0 atom stereocenters. The van der Waals surface area contributed by atoms with E-state index in [0.29, 0.717) is 5.92 Å². The van der Waals surface area contributed by atoms with Gasteiger partial charge in [-0.15, -0.1) is 0 Å². The highest BCUT2D eigenvalue weighted by Crippen LogP contribution is 2.23. The number of hydrogen-bond acceptors (Lipinski definition) is 3. The monoisotopic (exact) mass is 320 g/mol. The molecule has 0 aliphatic rings. The number of hydrogen-bond donors (Lipinski definition) is 1. The van der Waals surface area contributed by atoms with Crippen LogP contribution in [0.3, 0.4) is 0 Å². The van der Waals surface area contributed by atoms with Crippen LogP contribution in [0.1, 0.15) is 42.4 Å². The lowest BCUT2D eigenvalue weighted by Crippen LogP contribution is -2.05. The molecule has 0 aliphatic carbocycles. The summed E-state index contributed by atoms with van der Waals surface area (Å²) in [5.41, 5.74) is 6.43. The smallest absolute Gasteiger partial charge is 0.112 e. The molecule has 24 heavy (non-hydrogen) atoms. The average Bonchev–Trinajstić information content (AvgIpc) is 2.91. The molecular weight excluding hydrogens is 296 g/mol. The molecule has 1 aromatic carbocycles. The molecule has 0 spiro atoms. The Hall–Kier alpha value is -2.62. The topological polar surface area (TPSA) is 42.7 Å². The van der Waals surface area contributed by atoms with Crippen LogP contribution in [0.15, 0.2) is 43.1 Å². The first-order valence-corrected chi connectivity index (χ1v) is 8.26. The summed E-state index contributed by atoms with van der Waals surface area (Å²) in [6, 6.07) is 10.7. The van der Waals surface area contributed by atoms with Crippen LogP contribution >= 0.6 is 0 Å². The van der Waals surface area contributed by atoms with Gasteiger partial charge in [0.15, 0.2) is 0 Å². The van der Waals surface area contributed by atoms with Crippen LogP contribution in [0, 0.1) is 0 Å². The van der Waals surface area contributed by atoms with Crippen molar-refractivity contribution >= 4 is 16.7 Å². The van der Waals surface area contributed by atoms with Crippen molar-refractivity contribution in [3.05, 3.63) is 65.8 Å². The van der Waals surface area contributed by atoms with Gasteiger partial charge in [-0.2, -0.15) is 0 Å². The van der Waals surface area contributed by atoms with E-state index in [9.17, 15) is 0 Å². The summed E-state index contributed by atoms with van der Waals surface area (Å²) in [7, 11) is 3.95. The fourth-order valence-electron chi connectivity index (χ4n) is 3.00. The van der Waals surface area contributed by atoms with Gasteiger partial charge in [0.2, 0.25) is 0 Å². The number of benzene rings is 1.